The lowest BCUT2D eigenvalue weighted by Gasteiger charge is -2.18. The Kier molecular flexibility index (Phi) is 5.44. The van der Waals surface area contributed by atoms with E-state index in [1.807, 2.05) is 39.0 Å². The van der Waals surface area contributed by atoms with E-state index in [0.717, 1.165) is 24.0 Å². The van der Waals surface area contributed by atoms with Crippen LogP contribution in [0.5, 0.6) is 0 Å². The highest BCUT2D eigenvalue weighted by Gasteiger charge is 2.23. The van der Waals surface area contributed by atoms with Crippen LogP contribution in [0.2, 0.25) is 0 Å². The lowest BCUT2D eigenvalue weighted by Crippen LogP contribution is -2.32. The third-order valence-corrected chi connectivity index (χ3v) is 5.33. The maximum absolute atomic E-state index is 12.8. The summed E-state index contributed by atoms with van der Waals surface area (Å²) in [4.78, 5) is 0.327. The van der Waals surface area contributed by atoms with E-state index in [1.165, 1.54) is 4.31 Å². The van der Waals surface area contributed by atoms with Crippen LogP contribution >= 0.6 is 0 Å². The SMILES string of the molecule is CC(C)=CCN(CC#CC1CC1)S(=O)(=O)c1ccc(C)cc1. The Hall–Kier alpha value is -1.57. The lowest BCUT2D eigenvalue weighted by molar-refractivity contribution is 0.477. The molecule has 118 valence electrons. The highest BCUT2D eigenvalue weighted by molar-refractivity contribution is 7.89. The number of allylic oxidation sites excluding steroid dienone is 1. The van der Waals surface area contributed by atoms with Crippen LogP contribution in [-0.2, 0) is 10.0 Å². The third kappa shape index (κ3) is 4.72. The molecule has 22 heavy (non-hydrogen) atoms. The van der Waals surface area contributed by atoms with Crippen LogP contribution in [-0.4, -0.2) is 25.8 Å². The molecule has 0 saturated heterocycles. The van der Waals surface area contributed by atoms with Gasteiger partial charge in [-0.15, -0.1) is 0 Å². The Morgan fingerprint density at radius 1 is 1.27 bits per heavy atom. The van der Waals surface area contributed by atoms with Gasteiger partial charge < -0.3 is 0 Å². The first-order valence-corrected chi connectivity index (χ1v) is 9.02. The van der Waals surface area contributed by atoms with Crippen molar-refractivity contribution < 1.29 is 8.42 Å². The monoisotopic (exact) mass is 317 g/mol. The Bertz CT molecular complexity index is 698. The molecule has 1 aromatic carbocycles. The normalized spacial score (nSPS) is 14.4. The topological polar surface area (TPSA) is 37.4 Å². The van der Waals surface area contributed by atoms with Crippen molar-refractivity contribution in [2.45, 2.75) is 38.5 Å². The molecule has 0 amide bonds. The van der Waals surface area contributed by atoms with Gasteiger partial charge in [0.25, 0.3) is 0 Å². The molecule has 0 spiro atoms. The van der Waals surface area contributed by atoms with E-state index in [1.54, 1.807) is 12.1 Å². The number of nitrogens with zero attached hydrogens (tertiary/aromatic N) is 1. The van der Waals surface area contributed by atoms with E-state index in [-0.39, 0.29) is 6.54 Å². The van der Waals surface area contributed by atoms with Crippen LogP contribution < -0.4 is 0 Å². The lowest BCUT2D eigenvalue weighted by atomic mass is 10.2. The molecule has 0 N–H and O–H groups in total. The van der Waals surface area contributed by atoms with Crippen molar-refractivity contribution in [3.63, 3.8) is 0 Å². The second-order valence-corrected chi connectivity index (χ2v) is 7.93. The summed E-state index contributed by atoms with van der Waals surface area (Å²) in [5.74, 6) is 6.64. The molecular formula is C18H23NO2S. The zero-order chi connectivity index (χ0) is 16.2. The minimum atomic E-state index is -3.50. The van der Waals surface area contributed by atoms with Gasteiger partial charge in [-0.05, 0) is 45.7 Å². The zero-order valence-electron chi connectivity index (χ0n) is 13.5. The average molecular weight is 317 g/mol. The van der Waals surface area contributed by atoms with Crippen molar-refractivity contribution in [1.29, 1.82) is 0 Å². The average Bonchev–Trinajstić information content (AvgIpc) is 3.26. The van der Waals surface area contributed by atoms with Crippen molar-refractivity contribution in [3.05, 3.63) is 41.5 Å². The third-order valence-electron chi connectivity index (χ3n) is 3.50. The van der Waals surface area contributed by atoms with E-state index < -0.39 is 10.0 Å². The Balaban J connectivity index is 2.22. The number of hydrogen-bond acceptors (Lipinski definition) is 2. The van der Waals surface area contributed by atoms with E-state index in [4.69, 9.17) is 0 Å². The van der Waals surface area contributed by atoms with E-state index in [9.17, 15) is 8.42 Å². The predicted molar refractivity (Wildman–Crippen MR) is 89.9 cm³/mol. The Labute approximate surface area is 134 Å². The molecule has 0 heterocycles. The van der Waals surface area contributed by atoms with E-state index in [2.05, 4.69) is 11.8 Å². The maximum atomic E-state index is 12.8. The first-order chi connectivity index (χ1) is 10.4. The van der Waals surface area contributed by atoms with Crippen LogP contribution in [0.4, 0.5) is 0 Å². The van der Waals surface area contributed by atoms with Gasteiger partial charge in [0.15, 0.2) is 0 Å². The van der Waals surface area contributed by atoms with Crippen molar-refractivity contribution >= 4 is 10.0 Å². The molecule has 1 fully saturated rings. The summed E-state index contributed by atoms with van der Waals surface area (Å²) in [5.41, 5.74) is 2.14. The van der Waals surface area contributed by atoms with Crippen molar-refractivity contribution in [1.82, 2.24) is 4.31 Å². The second-order valence-electron chi connectivity index (χ2n) is 5.99. The van der Waals surface area contributed by atoms with Gasteiger partial charge in [-0.1, -0.05) is 41.2 Å². The number of sulfonamides is 1. The molecule has 0 atom stereocenters. The molecule has 0 aliphatic heterocycles. The number of aryl methyl sites for hydroxylation is 1. The molecule has 0 aromatic heterocycles. The van der Waals surface area contributed by atoms with Crippen molar-refractivity contribution in [3.8, 4) is 11.8 Å². The van der Waals surface area contributed by atoms with E-state index in [0.29, 0.717) is 17.4 Å². The van der Waals surface area contributed by atoms with Gasteiger partial charge in [-0.2, -0.15) is 4.31 Å². The minimum Gasteiger partial charge on any atom is -0.207 e. The van der Waals surface area contributed by atoms with Crippen LogP contribution in [0.1, 0.15) is 32.3 Å². The standard InChI is InChI=1S/C18H23NO2S/c1-15(2)12-14-19(13-4-5-17-8-9-17)22(20,21)18-10-6-16(3)7-11-18/h6-7,10-12,17H,8-9,13-14H2,1-3H3. The number of rotatable bonds is 5. The first-order valence-electron chi connectivity index (χ1n) is 7.58. The molecule has 2 rings (SSSR count). The summed E-state index contributed by atoms with van der Waals surface area (Å²) in [5, 5.41) is 0. The van der Waals surface area contributed by atoms with Gasteiger partial charge in [-0.3, -0.25) is 0 Å². The second kappa shape index (κ2) is 7.13. The first kappa shape index (κ1) is 16.8. The van der Waals surface area contributed by atoms with Gasteiger partial charge in [0.2, 0.25) is 10.0 Å². The quantitative estimate of drug-likeness (QED) is 0.617. The highest BCUT2D eigenvalue weighted by atomic mass is 32.2. The van der Waals surface area contributed by atoms with Crippen molar-refractivity contribution in [2.24, 2.45) is 5.92 Å². The Morgan fingerprint density at radius 3 is 2.45 bits per heavy atom. The summed E-state index contributed by atoms with van der Waals surface area (Å²) in [6.07, 6.45) is 4.21. The van der Waals surface area contributed by atoms with Gasteiger partial charge in [0, 0.05) is 12.5 Å². The maximum Gasteiger partial charge on any atom is 0.244 e. The van der Waals surface area contributed by atoms with Gasteiger partial charge in [0.05, 0.1) is 11.4 Å². The summed E-state index contributed by atoms with van der Waals surface area (Å²) < 4.78 is 27.0. The molecule has 3 nitrogen and oxygen atoms in total. The largest absolute Gasteiger partial charge is 0.244 e. The fraction of sp³-hybridized carbons (Fsp3) is 0.444. The summed E-state index contributed by atoms with van der Waals surface area (Å²) in [7, 11) is -3.50. The molecular weight excluding hydrogens is 294 g/mol. The minimum absolute atomic E-state index is 0.247. The predicted octanol–water partition coefficient (Wildman–Crippen LogP) is 3.37. The fourth-order valence-corrected chi connectivity index (χ4v) is 3.18. The van der Waals surface area contributed by atoms with Gasteiger partial charge in [-0.25, -0.2) is 8.42 Å². The van der Waals surface area contributed by atoms with Crippen LogP contribution in [0.3, 0.4) is 0 Å². The molecule has 1 aliphatic rings. The summed E-state index contributed by atoms with van der Waals surface area (Å²) in [6.45, 7) is 6.48. The molecule has 1 aromatic rings. The molecule has 0 unspecified atom stereocenters. The van der Waals surface area contributed by atoms with Crippen LogP contribution in [0.25, 0.3) is 0 Å². The van der Waals surface area contributed by atoms with Gasteiger partial charge in [0.1, 0.15) is 0 Å². The molecule has 4 heteroatoms. The van der Waals surface area contributed by atoms with Crippen LogP contribution in [0, 0.1) is 24.7 Å². The number of hydrogen-bond donors (Lipinski definition) is 0. The van der Waals surface area contributed by atoms with Crippen molar-refractivity contribution in [2.75, 3.05) is 13.1 Å². The number of benzene rings is 1. The zero-order valence-corrected chi connectivity index (χ0v) is 14.3. The summed E-state index contributed by atoms with van der Waals surface area (Å²) in [6, 6.07) is 6.96. The highest BCUT2D eigenvalue weighted by Crippen LogP contribution is 2.27. The molecule has 0 radical (unpaired) electrons. The van der Waals surface area contributed by atoms with Gasteiger partial charge >= 0.3 is 0 Å². The molecule has 0 bridgehead atoms. The Morgan fingerprint density at radius 2 is 1.91 bits per heavy atom. The molecule has 1 saturated carbocycles. The van der Waals surface area contributed by atoms with E-state index >= 15 is 0 Å². The fourth-order valence-electron chi connectivity index (χ4n) is 1.90. The smallest absolute Gasteiger partial charge is 0.207 e. The summed E-state index contributed by atoms with van der Waals surface area (Å²) >= 11 is 0. The molecule has 1 aliphatic carbocycles. The van der Waals surface area contributed by atoms with Crippen LogP contribution in [0.15, 0.2) is 40.8 Å².